The Kier molecular flexibility index (Phi) is 5.57. The number of furan rings is 2. The number of rotatable bonds is 4. The molecule has 0 spiro atoms. The molecule has 10 aromatic rings. The Morgan fingerprint density at radius 2 is 0.957 bits per heavy atom. The summed E-state index contributed by atoms with van der Waals surface area (Å²) in [6, 6.07) is 57.9. The van der Waals surface area contributed by atoms with Crippen molar-refractivity contribution in [3.8, 4) is 11.1 Å². The fourth-order valence-corrected chi connectivity index (χ4v) is 7.14. The molecule has 0 N–H and O–H groups in total. The quantitative estimate of drug-likeness (QED) is 0.201. The highest BCUT2D eigenvalue weighted by Crippen LogP contribution is 2.43. The Morgan fingerprint density at radius 3 is 1.81 bits per heavy atom. The van der Waals surface area contributed by atoms with Crippen LogP contribution in [0.4, 0.5) is 17.1 Å². The molecule has 47 heavy (non-hydrogen) atoms. The average molecular weight is 602 g/mol. The maximum absolute atomic E-state index is 6.47. The second kappa shape index (κ2) is 10.1. The summed E-state index contributed by atoms with van der Waals surface area (Å²) in [5, 5.41) is 9.24. The third kappa shape index (κ3) is 4.14. The van der Waals surface area contributed by atoms with Crippen LogP contribution in [0.25, 0.3) is 76.5 Å². The molecule has 0 aliphatic carbocycles. The van der Waals surface area contributed by atoms with Gasteiger partial charge in [0, 0.05) is 38.5 Å². The fourth-order valence-electron chi connectivity index (χ4n) is 7.14. The van der Waals surface area contributed by atoms with Crippen molar-refractivity contribution in [3.05, 3.63) is 164 Å². The number of benzene rings is 8. The molecule has 0 bridgehead atoms. The molecule has 220 valence electrons. The van der Waals surface area contributed by atoms with E-state index < -0.39 is 0 Å². The van der Waals surface area contributed by atoms with Gasteiger partial charge < -0.3 is 13.7 Å². The molecule has 0 atom stereocenters. The lowest BCUT2D eigenvalue weighted by atomic mass is 9.99. The number of para-hydroxylation sites is 3. The van der Waals surface area contributed by atoms with Crippen molar-refractivity contribution in [2.24, 2.45) is 0 Å². The van der Waals surface area contributed by atoms with Crippen LogP contribution in [0.1, 0.15) is 0 Å². The smallest absolute Gasteiger partial charge is 0.136 e. The molecular weight excluding hydrogens is 574 g/mol. The fraction of sp³-hybridized carbons (Fsp3) is 0. The minimum absolute atomic E-state index is 0.884. The van der Waals surface area contributed by atoms with E-state index in [4.69, 9.17) is 8.83 Å². The predicted octanol–water partition coefficient (Wildman–Crippen LogP) is 12.9. The molecule has 10 rings (SSSR count). The lowest BCUT2D eigenvalue weighted by Gasteiger charge is -2.28. The van der Waals surface area contributed by atoms with Crippen LogP contribution in [0.2, 0.25) is 0 Å². The first kappa shape index (κ1) is 26.0. The molecule has 8 aromatic carbocycles. The van der Waals surface area contributed by atoms with Crippen LogP contribution in [-0.2, 0) is 0 Å². The zero-order chi connectivity index (χ0) is 30.9. The summed E-state index contributed by atoms with van der Waals surface area (Å²) in [7, 11) is 0. The molecule has 2 aromatic heterocycles. The molecule has 0 amide bonds. The van der Waals surface area contributed by atoms with Gasteiger partial charge in [-0.15, -0.1) is 0 Å². The van der Waals surface area contributed by atoms with Crippen LogP contribution in [0.3, 0.4) is 0 Å². The summed E-state index contributed by atoms with van der Waals surface area (Å²) in [6.07, 6.45) is 0. The van der Waals surface area contributed by atoms with Crippen LogP contribution in [-0.4, -0.2) is 0 Å². The predicted molar refractivity (Wildman–Crippen MR) is 196 cm³/mol. The summed E-state index contributed by atoms with van der Waals surface area (Å²) in [6.45, 7) is 0. The van der Waals surface area contributed by atoms with Crippen LogP contribution in [0.5, 0.6) is 0 Å². The second-order valence-corrected chi connectivity index (χ2v) is 12.2. The number of anilines is 3. The zero-order valence-corrected chi connectivity index (χ0v) is 25.4. The summed E-state index contributed by atoms with van der Waals surface area (Å²) < 4.78 is 12.7. The monoisotopic (exact) mass is 601 g/mol. The van der Waals surface area contributed by atoms with E-state index in [-0.39, 0.29) is 0 Å². The number of nitrogens with zero attached hydrogens (tertiary/aromatic N) is 1. The van der Waals surface area contributed by atoms with Crippen LogP contribution in [0, 0.1) is 0 Å². The summed E-state index contributed by atoms with van der Waals surface area (Å²) >= 11 is 0. The minimum Gasteiger partial charge on any atom is -0.456 e. The molecule has 0 saturated carbocycles. The SMILES string of the molecule is c1ccc(N(c2ccc3cc4c(cc3c2)oc2ccccc24)c2ccccc2-c2ccc3c(c2)oc2cc4ccccc4cc23)cc1. The molecule has 0 saturated heterocycles. The minimum atomic E-state index is 0.884. The van der Waals surface area contributed by atoms with Crippen molar-refractivity contribution in [2.75, 3.05) is 4.90 Å². The summed E-state index contributed by atoms with van der Waals surface area (Å²) in [4.78, 5) is 2.34. The number of hydrogen-bond donors (Lipinski definition) is 0. The van der Waals surface area contributed by atoms with E-state index >= 15 is 0 Å². The van der Waals surface area contributed by atoms with Gasteiger partial charge in [0.1, 0.15) is 22.3 Å². The van der Waals surface area contributed by atoms with Crippen LogP contribution in [0.15, 0.2) is 173 Å². The van der Waals surface area contributed by atoms with E-state index in [2.05, 4.69) is 157 Å². The largest absolute Gasteiger partial charge is 0.456 e. The molecular formula is C44H27NO2. The molecule has 3 heteroatoms. The van der Waals surface area contributed by atoms with Gasteiger partial charge in [-0.25, -0.2) is 0 Å². The van der Waals surface area contributed by atoms with E-state index in [1.165, 1.54) is 16.2 Å². The summed E-state index contributed by atoms with van der Waals surface area (Å²) in [5.41, 5.74) is 9.06. The maximum atomic E-state index is 6.47. The van der Waals surface area contributed by atoms with Gasteiger partial charge >= 0.3 is 0 Å². The van der Waals surface area contributed by atoms with Crippen molar-refractivity contribution >= 4 is 82.5 Å². The Hall–Kier alpha value is -6.32. The van der Waals surface area contributed by atoms with Gasteiger partial charge in [0.15, 0.2) is 0 Å². The molecule has 0 fully saturated rings. The van der Waals surface area contributed by atoms with E-state index in [0.717, 1.165) is 77.5 Å². The Labute approximate surface area is 270 Å². The number of fused-ring (bicyclic) bond motifs is 8. The van der Waals surface area contributed by atoms with E-state index in [1.807, 2.05) is 12.1 Å². The van der Waals surface area contributed by atoms with Crippen molar-refractivity contribution < 1.29 is 8.83 Å². The first-order valence-electron chi connectivity index (χ1n) is 15.9. The third-order valence-corrected chi connectivity index (χ3v) is 9.39. The van der Waals surface area contributed by atoms with Crippen molar-refractivity contribution in [1.82, 2.24) is 0 Å². The van der Waals surface area contributed by atoms with E-state index in [9.17, 15) is 0 Å². The first-order chi connectivity index (χ1) is 23.3. The standard InChI is InChI=1S/C44H27NO2/c1-2-12-33(13-3-1)45(34-20-18-30-24-38-36-15-7-9-17-41(36)46-44(38)27-32(30)22-34)40-16-8-6-14-35(40)31-19-21-37-39-23-28-10-4-5-11-29(28)25-43(39)47-42(37)26-31/h1-27H. The highest BCUT2D eigenvalue weighted by Gasteiger charge is 2.19. The van der Waals surface area contributed by atoms with Gasteiger partial charge in [0.25, 0.3) is 0 Å². The Balaban J connectivity index is 1.14. The summed E-state index contributed by atoms with van der Waals surface area (Å²) in [5.74, 6) is 0. The van der Waals surface area contributed by atoms with Gasteiger partial charge in [-0.1, -0.05) is 91.0 Å². The van der Waals surface area contributed by atoms with Gasteiger partial charge in [0.2, 0.25) is 0 Å². The lowest BCUT2D eigenvalue weighted by Crippen LogP contribution is -2.11. The van der Waals surface area contributed by atoms with Crippen LogP contribution < -0.4 is 4.90 Å². The zero-order valence-electron chi connectivity index (χ0n) is 25.4. The van der Waals surface area contributed by atoms with E-state index in [0.29, 0.717) is 0 Å². The van der Waals surface area contributed by atoms with Crippen molar-refractivity contribution in [2.45, 2.75) is 0 Å². The van der Waals surface area contributed by atoms with Gasteiger partial charge in [-0.05, 0) is 99.9 Å². The van der Waals surface area contributed by atoms with Gasteiger partial charge in [0.05, 0.1) is 5.69 Å². The van der Waals surface area contributed by atoms with Gasteiger partial charge in [-0.2, -0.15) is 0 Å². The second-order valence-electron chi connectivity index (χ2n) is 12.2. The van der Waals surface area contributed by atoms with Crippen molar-refractivity contribution in [1.29, 1.82) is 0 Å². The average Bonchev–Trinajstić information content (AvgIpc) is 3.67. The molecule has 2 heterocycles. The van der Waals surface area contributed by atoms with Gasteiger partial charge in [-0.3, -0.25) is 0 Å². The topological polar surface area (TPSA) is 29.5 Å². The van der Waals surface area contributed by atoms with E-state index in [1.54, 1.807) is 0 Å². The Bertz CT molecular complexity index is 2810. The normalized spacial score (nSPS) is 11.8. The lowest BCUT2D eigenvalue weighted by molar-refractivity contribution is 0.669. The first-order valence-corrected chi connectivity index (χ1v) is 15.9. The molecule has 0 aliphatic heterocycles. The van der Waals surface area contributed by atoms with Crippen LogP contribution >= 0.6 is 0 Å². The highest BCUT2D eigenvalue weighted by molar-refractivity contribution is 6.12. The van der Waals surface area contributed by atoms with Crippen molar-refractivity contribution in [3.63, 3.8) is 0 Å². The highest BCUT2D eigenvalue weighted by atomic mass is 16.3. The molecule has 0 unspecified atom stereocenters. The Morgan fingerprint density at radius 1 is 0.340 bits per heavy atom. The molecule has 0 radical (unpaired) electrons. The third-order valence-electron chi connectivity index (χ3n) is 9.39. The molecule has 3 nitrogen and oxygen atoms in total. The number of hydrogen-bond acceptors (Lipinski definition) is 3. The maximum Gasteiger partial charge on any atom is 0.136 e. The molecule has 0 aliphatic rings.